The maximum atomic E-state index is 13.0. The Labute approximate surface area is 70.2 Å². The standard InChI is InChI=1S/C10H10F2/c1-6-9(11)4-8(5-10(6)12)7-2-3-7/h4-5,7H,2-3H2,1H3. The Hall–Kier alpha value is -0.920. The molecule has 0 radical (unpaired) electrons. The van der Waals surface area contributed by atoms with Gasteiger partial charge in [0.25, 0.3) is 0 Å². The lowest BCUT2D eigenvalue weighted by molar-refractivity contribution is 0.564. The third-order valence-corrected chi connectivity index (χ3v) is 2.35. The zero-order valence-electron chi connectivity index (χ0n) is 6.90. The van der Waals surface area contributed by atoms with Crippen molar-refractivity contribution in [2.75, 3.05) is 0 Å². The zero-order chi connectivity index (χ0) is 8.72. The van der Waals surface area contributed by atoms with Gasteiger partial charge in [0.05, 0.1) is 0 Å². The number of benzene rings is 1. The molecule has 1 fully saturated rings. The van der Waals surface area contributed by atoms with Crippen LogP contribution in [-0.4, -0.2) is 0 Å². The summed E-state index contributed by atoms with van der Waals surface area (Å²) in [5.41, 5.74) is 0.940. The minimum Gasteiger partial charge on any atom is -0.207 e. The van der Waals surface area contributed by atoms with Crippen molar-refractivity contribution < 1.29 is 8.78 Å². The van der Waals surface area contributed by atoms with Crippen LogP contribution in [0, 0.1) is 18.6 Å². The Kier molecular flexibility index (Phi) is 1.63. The molecule has 0 unspecified atom stereocenters. The van der Waals surface area contributed by atoms with E-state index in [1.165, 1.54) is 19.1 Å². The third-order valence-electron chi connectivity index (χ3n) is 2.35. The molecule has 64 valence electrons. The van der Waals surface area contributed by atoms with Gasteiger partial charge >= 0.3 is 0 Å². The first-order chi connectivity index (χ1) is 5.68. The van der Waals surface area contributed by atoms with Gasteiger partial charge in [-0.2, -0.15) is 0 Å². The predicted molar refractivity (Wildman–Crippen MR) is 43.1 cm³/mol. The van der Waals surface area contributed by atoms with Crippen LogP contribution in [-0.2, 0) is 0 Å². The first kappa shape index (κ1) is 7.71. The molecule has 0 aromatic heterocycles. The molecule has 2 heteroatoms. The fourth-order valence-electron chi connectivity index (χ4n) is 1.32. The molecule has 0 spiro atoms. The van der Waals surface area contributed by atoms with E-state index >= 15 is 0 Å². The molecule has 0 saturated heterocycles. The van der Waals surface area contributed by atoms with Gasteiger partial charge in [0, 0.05) is 5.56 Å². The van der Waals surface area contributed by atoms with E-state index in [9.17, 15) is 8.78 Å². The van der Waals surface area contributed by atoms with E-state index in [-0.39, 0.29) is 5.56 Å². The van der Waals surface area contributed by atoms with Crippen molar-refractivity contribution in [3.63, 3.8) is 0 Å². The van der Waals surface area contributed by atoms with Crippen LogP contribution < -0.4 is 0 Å². The normalized spacial score (nSPS) is 16.6. The lowest BCUT2D eigenvalue weighted by Crippen LogP contribution is -1.91. The Morgan fingerprint density at radius 1 is 1.17 bits per heavy atom. The topological polar surface area (TPSA) is 0 Å². The monoisotopic (exact) mass is 168 g/mol. The molecule has 0 aliphatic heterocycles. The molecule has 0 N–H and O–H groups in total. The Bertz CT molecular complexity index is 291. The summed E-state index contributed by atoms with van der Waals surface area (Å²) >= 11 is 0. The van der Waals surface area contributed by atoms with Crippen LogP contribution in [0.3, 0.4) is 0 Å². The van der Waals surface area contributed by atoms with Gasteiger partial charge in [-0.25, -0.2) is 8.78 Å². The number of hydrogen-bond donors (Lipinski definition) is 0. The average molecular weight is 168 g/mol. The van der Waals surface area contributed by atoms with Gasteiger partial charge in [0.1, 0.15) is 11.6 Å². The summed E-state index contributed by atoms with van der Waals surface area (Å²) in [6.45, 7) is 1.46. The molecule has 0 atom stereocenters. The number of hydrogen-bond acceptors (Lipinski definition) is 0. The first-order valence-corrected chi connectivity index (χ1v) is 4.14. The molecule has 0 amide bonds. The van der Waals surface area contributed by atoms with E-state index in [1.54, 1.807) is 0 Å². The minimum atomic E-state index is -0.420. The van der Waals surface area contributed by atoms with Crippen LogP contribution >= 0.6 is 0 Å². The van der Waals surface area contributed by atoms with Crippen molar-refractivity contribution in [1.29, 1.82) is 0 Å². The van der Waals surface area contributed by atoms with Crippen LogP contribution in [0.1, 0.15) is 29.9 Å². The van der Waals surface area contributed by atoms with Crippen molar-refractivity contribution in [1.82, 2.24) is 0 Å². The summed E-state index contributed by atoms with van der Waals surface area (Å²) in [7, 11) is 0. The van der Waals surface area contributed by atoms with E-state index in [0.29, 0.717) is 5.92 Å². The summed E-state index contributed by atoms with van der Waals surface area (Å²) < 4.78 is 26.0. The molecular weight excluding hydrogens is 158 g/mol. The van der Waals surface area contributed by atoms with Gasteiger partial charge in [-0.05, 0) is 43.4 Å². The minimum absolute atomic E-state index is 0.124. The molecule has 1 aliphatic carbocycles. The first-order valence-electron chi connectivity index (χ1n) is 4.14. The largest absolute Gasteiger partial charge is 0.207 e. The van der Waals surface area contributed by atoms with Gasteiger partial charge in [-0.15, -0.1) is 0 Å². The molecule has 1 aromatic rings. The van der Waals surface area contributed by atoms with Gasteiger partial charge in [0.15, 0.2) is 0 Å². The zero-order valence-corrected chi connectivity index (χ0v) is 6.90. The van der Waals surface area contributed by atoms with Crippen molar-refractivity contribution in [2.24, 2.45) is 0 Å². The fourth-order valence-corrected chi connectivity index (χ4v) is 1.32. The molecule has 2 rings (SSSR count). The molecule has 12 heavy (non-hydrogen) atoms. The van der Waals surface area contributed by atoms with E-state index < -0.39 is 11.6 Å². The van der Waals surface area contributed by atoms with Gasteiger partial charge in [-0.1, -0.05) is 0 Å². The predicted octanol–water partition coefficient (Wildman–Crippen LogP) is 3.15. The maximum absolute atomic E-state index is 13.0. The SMILES string of the molecule is Cc1c(F)cc(C2CC2)cc1F. The van der Waals surface area contributed by atoms with Gasteiger partial charge < -0.3 is 0 Å². The lowest BCUT2D eigenvalue weighted by Gasteiger charge is -2.02. The molecule has 0 bridgehead atoms. The summed E-state index contributed by atoms with van der Waals surface area (Å²) in [5.74, 6) is -0.427. The van der Waals surface area contributed by atoms with Crippen molar-refractivity contribution in [3.8, 4) is 0 Å². The summed E-state index contributed by atoms with van der Waals surface area (Å²) in [5, 5.41) is 0. The van der Waals surface area contributed by atoms with E-state index in [4.69, 9.17) is 0 Å². The van der Waals surface area contributed by atoms with Gasteiger partial charge in [0.2, 0.25) is 0 Å². The maximum Gasteiger partial charge on any atom is 0.129 e. The van der Waals surface area contributed by atoms with E-state index in [0.717, 1.165) is 18.4 Å². The second kappa shape index (κ2) is 2.54. The molecule has 1 saturated carbocycles. The summed E-state index contributed by atoms with van der Waals surface area (Å²) in [4.78, 5) is 0. The molecule has 1 aromatic carbocycles. The van der Waals surface area contributed by atoms with Crippen molar-refractivity contribution >= 4 is 0 Å². The second-order valence-electron chi connectivity index (χ2n) is 3.38. The van der Waals surface area contributed by atoms with E-state index in [1.807, 2.05) is 0 Å². The van der Waals surface area contributed by atoms with Gasteiger partial charge in [-0.3, -0.25) is 0 Å². The Balaban J connectivity index is 2.45. The quantitative estimate of drug-likeness (QED) is 0.604. The molecule has 1 aliphatic rings. The number of rotatable bonds is 1. The smallest absolute Gasteiger partial charge is 0.129 e. The average Bonchev–Trinajstić information content (AvgIpc) is 2.81. The highest BCUT2D eigenvalue weighted by molar-refractivity contribution is 5.29. The van der Waals surface area contributed by atoms with Crippen LogP contribution in [0.2, 0.25) is 0 Å². The molecule has 0 heterocycles. The molecular formula is C10H10F2. The van der Waals surface area contributed by atoms with Crippen LogP contribution in [0.5, 0.6) is 0 Å². The summed E-state index contributed by atoms with van der Waals surface area (Å²) in [6.07, 6.45) is 2.14. The van der Waals surface area contributed by atoms with Crippen LogP contribution in [0.25, 0.3) is 0 Å². The second-order valence-corrected chi connectivity index (χ2v) is 3.38. The van der Waals surface area contributed by atoms with Crippen LogP contribution in [0.4, 0.5) is 8.78 Å². The number of halogens is 2. The Morgan fingerprint density at radius 2 is 1.67 bits per heavy atom. The lowest BCUT2D eigenvalue weighted by atomic mass is 10.1. The van der Waals surface area contributed by atoms with Crippen molar-refractivity contribution in [3.05, 3.63) is 34.9 Å². The highest BCUT2D eigenvalue weighted by Crippen LogP contribution is 2.40. The Morgan fingerprint density at radius 3 is 2.08 bits per heavy atom. The van der Waals surface area contributed by atoms with Crippen molar-refractivity contribution in [2.45, 2.75) is 25.7 Å². The molecule has 0 nitrogen and oxygen atoms in total. The van der Waals surface area contributed by atoms with Crippen LogP contribution in [0.15, 0.2) is 12.1 Å². The fraction of sp³-hybridized carbons (Fsp3) is 0.400. The highest BCUT2D eigenvalue weighted by atomic mass is 19.1. The van der Waals surface area contributed by atoms with E-state index in [2.05, 4.69) is 0 Å². The highest BCUT2D eigenvalue weighted by Gasteiger charge is 2.25. The summed E-state index contributed by atoms with van der Waals surface area (Å²) in [6, 6.07) is 2.91. The third kappa shape index (κ3) is 1.22.